The van der Waals surface area contributed by atoms with Crippen LogP contribution in [0.25, 0.3) is 0 Å². The lowest BCUT2D eigenvalue weighted by Crippen LogP contribution is -2.32. The lowest BCUT2D eigenvalue weighted by molar-refractivity contribution is -0.120. The zero-order valence-corrected chi connectivity index (χ0v) is 20.1. The largest absolute Gasteiger partial charge is 0.497 e. The van der Waals surface area contributed by atoms with Crippen LogP contribution in [0, 0.1) is 0 Å². The number of rotatable bonds is 7. The number of benzene rings is 3. The van der Waals surface area contributed by atoms with Crippen LogP contribution in [0.15, 0.2) is 83.5 Å². The van der Waals surface area contributed by atoms with E-state index in [1.807, 2.05) is 12.1 Å². The Bertz CT molecular complexity index is 1310. The van der Waals surface area contributed by atoms with E-state index in [1.165, 1.54) is 7.11 Å². The Hall–Kier alpha value is -4.10. The van der Waals surface area contributed by atoms with Crippen LogP contribution in [0.5, 0.6) is 11.5 Å². The van der Waals surface area contributed by atoms with Crippen molar-refractivity contribution in [2.24, 2.45) is 0 Å². The molecule has 2 amide bonds. The fraction of sp³-hybridized carbons (Fsp3) is 0.148. The molecule has 0 aromatic heterocycles. The van der Waals surface area contributed by atoms with Gasteiger partial charge in [0.05, 0.1) is 18.4 Å². The number of halogens is 1. The summed E-state index contributed by atoms with van der Waals surface area (Å²) < 4.78 is 10.6. The van der Waals surface area contributed by atoms with Crippen LogP contribution in [-0.2, 0) is 9.59 Å². The first-order valence-electron chi connectivity index (χ1n) is 10.9. The fourth-order valence-corrected chi connectivity index (χ4v) is 3.73. The van der Waals surface area contributed by atoms with E-state index in [2.05, 4.69) is 19.2 Å². The van der Waals surface area contributed by atoms with E-state index in [-0.39, 0.29) is 10.7 Å². The Labute approximate surface area is 207 Å². The number of imide groups is 1. The third kappa shape index (κ3) is 5.05. The minimum atomic E-state index is -0.642. The van der Waals surface area contributed by atoms with Gasteiger partial charge in [-0.2, -0.15) is 0 Å². The van der Waals surface area contributed by atoms with Gasteiger partial charge in [0.2, 0.25) is 0 Å². The van der Waals surface area contributed by atoms with Crippen LogP contribution in [0.4, 0.5) is 11.4 Å². The van der Waals surface area contributed by atoms with Gasteiger partial charge < -0.3 is 14.8 Å². The van der Waals surface area contributed by atoms with Crippen molar-refractivity contribution in [3.8, 4) is 11.5 Å². The molecule has 0 aliphatic carbocycles. The van der Waals surface area contributed by atoms with Crippen molar-refractivity contribution >= 4 is 40.8 Å². The predicted octanol–water partition coefficient (Wildman–Crippen LogP) is 5.47. The third-order valence-electron chi connectivity index (χ3n) is 5.49. The predicted molar refractivity (Wildman–Crippen MR) is 134 cm³/mol. The topological polar surface area (TPSA) is 84.9 Å². The summed E-state index contributed by atoms with van der Waals surface area (Å²) in [6.45, 7) is 4.18. The highest BCUT2D eigenvalue weighted by Crippen LogP contribution is 2.32. The van der Waals surface area contributed by atoms with Crippen LogP contribution in [0.3, 0.4) is 0 Å². The van der Waals surface area contributed by atoms with E-state index in [0.29, 0.717) is 34.4 Å². The summed E-state index contributed by atoms with van der Waals surface area (Å²) in [7, 11) is 1.49. The molecule has 0 unspecified atom stereocenters. The van der Waals surface area contributed by atoms with E-state index >= 15 is 0 Å². The SMILES string of the molecule is COc1cccc(N2C(=O)C(Cl)=C(Nc3ccc(C(=O)Oc4ccc(C(C)C)cc4)cc3)C2=O)c1. The summed E-state index contributed by atoms with van der Waals surface area (Å²) in [4.78, 5) is 39.1. The lowest BCUT2D eigenvalue weighted by Gasteiger charge is -2.16. The molecule has 0 spiro atoms. The number of carbonyl (C=O) groups excluding carboxylic acids is 3. The quantitative estimate of drug-likeness (QED) is 0.268. The Morgan fingerprint density at radius 2 is 1.60 bits per heavy atom. The fourth-order valence-electron chi connectivity index (χ4n) is 3.52. The number of anilines is 2. The van der Waals surface area contributed by atoms with E-state index in [0.717, 1.165) is 10.5 Å². The maximum absolute atomic E-state index is 13.0. The minimum absolute atomic E-state index is 0.0555. The number of carbonyl (C=O) groups is 3. The highest BCUT2D eigenvalue weighted by atomic mass is 35.5. The highest BCUT2D eigenvalue weighted by Gasteiger charge is 2.39. The molecule has 0 atom stereocenters. The summed E-state index contributed by atoms with van der Waals surface area (Å²) in [5.74, 6) is -0.418. The number of methoxy groups -OCH3 is 1. The number of hydrogen-bond acceptors (Lipinski definition) is 6. The van der Waals surface area contributed by atoms with Crippen molar-refractivity contribution in [3.05, 3.63) is 94.7 Å². The molecule has 1 N–H and O–H groups in total. The van der Waals surface area contributed by atoms with Crippen molar-refractivity contribution in [2.75, 3.05) is 17.3 Å². The van der Waals surface area contributed by atoms with Crippen LogP contribution in [0.1, 0.15) is 35.7 Å². The van der Waals surface area contributed by atoms with Crippen LogP contribution < -0.4 is 19.7 Å². The molecule has 1 aliphatic rings. The summed E-state index contributed by atoms with van der Waals surface area (Å²) in [6, 6.07) is 20.2. The molecular formula is C27H23ClN2O5. The molecule has 1 aliphatic heterocycles. The monoisotopic (exact) mass is 490 g/mol. The van der Waals surface area contributed by atoms with E-state index in [1.54, 1.807) is 60.7 Å². The molecule has 35 heavy (non-hydrogen) atoms. The Morgan fingerprint density at radius 3 is 2.23 bits per heavy atom. The van der Waals surface area contributed by atoms with E-state index < -0.39 is 17.8 Å². The van der Waals surface area contributed by atoms with Gasteiger partial charge in [-0.25, -0.2) is 9.69 Å². The highest BCUT2D eigenvalue weighted by molar-refractivity contribution is 6.53. The molecule has 8 heteroatoms. The standard InChI is InChI=1S/C27H23ClN2O5/c1-16(2)17-9-13-21(14-10-17)35-27(33)18-7-11-19(12-8-18)29-24-23(28)25(31)30(26(24)32)20-5-4-6-22(15-20)34-3/h4-16,29H,1-3H3. The average Bonchev–Trinajstić information content (AvgIpc) is 3.07. The molecule has 178 valence electrons. The maximum Gasteiger partial charge on any atom is 0.343 e. The number of nitrogens with one attached hydrogen (secondary N) is 1. The first-order valence-corrected chi connectivity index (χ1v) is 11.3. The molecule has 4 rings (SSSR count). The summed E-state index contributed by atoms with van der Waals surface area (Å²) in [5.41, 5.74) is 2.24. The zero-order valence-electron chi connectivity index (χ0n) is 19.4. The van der Waals surface area contributed by atoms with E-state index in [4.69, 9.17) is 21.1 Å². The number of amides is 2. The van der Waals surface area contributed by atoms with Gasteiger partial charge in [-0.05, 0) is 60.0 Å². The van der Waals surface area contributed by atoms with Crippen LogP contribution in [-0.4, -0.2) is 24.9 Å². The molecule has 3 aromatic carbocycles. The molecule has 0 saturated carbocycles. The normalized spacial score (nSPS) is 13.5. The minimum Gasteiger partial charge on any atom is -0.497 e. The second-order valence-corrected chi connectivity index (χ2v) is 8.53. The molecule has 0 saturated heterocycles. The second kappa shape index (κ2) is 10.0. The van der Waals surface area contributed by atoms with Crippen molar-refractivity contribution in [3.63, 3.8) is 0 Å². The van der Waals surface area contributed by atoms with Gasteiger partial charge in [-0.3, -0.25) is 9.59 Å². The smallest absolute Gasteiger partial charge is 0.343 e. The van der Waals surface area contributed by atoms with Gasteiger partial charge in [-0.15, -0.1) is 0 Å². The Kier molecular flexibility index (Phi) is 6.89. The number of nitrogens with zero attached hydrogens (tertiary/aromatic N) is 1. The maximum atomic E-state index is 13.0. The Balaban J connectivity index is 1.45. The van der Waals surface area contributed by atoms with Gasteiger partial charge in [0.1, 0.15) is 22.2 Å². The van der Waals surface area contributed by atoms with Crippen LogP contribution in [0.2, 0.25) is 0 Å². The van der Waals surface area contributed by atoms with E-state index in [9.17, 15) is 14.4 Å². The first-order chi connectivity index (χ1) is 16.8. The first kappa shape index (κ1) is 24.0. The molecule has 0 fully saturated rings. The number of esters is 1. The van der Waals surface area contributed by atoms with Crippen LogP contribution >= 0.6 is 11.6 Å². The van der Waals surface area contributed by atoms with Gasteiger partial charge in [-0.1, -0.05) is 43.6 Å². The van der Waals surface area contributed by atoms with Gasteiger partial charge in [0.15, 0.2) is 0 Å². The van der Waals surface area contributed by atoms with Crippen molar-refractivity contribution < 1.29 is 23.9 Å². The van der Waals surface area contributed by atoms with Gasteiger partial charge in [0.25, 0.3) is 11.8 Å². The van der Waals surface area contributed by atoms with Gasteiger partial charge in [0, 0.05) is 11.8 Å². The van der Waals surface area contributed by atoms with Crippen molar-refractivity contribution in [1.29, 1.82) is 0 Å². The Morgan fingerprint density at radius 1 is 0.914 bits per heavy atom. The average molecular weight is 491 g/mol. The molecule has 0 bridgehead atoms. The van der Waals surface area contributed by atoms with Crippen molar-refractivity contribution in [2.45, 2.75) is 19.8 Å². The molecular weight excluding hydrogens is 468 g/mol. The molecule has 1 heterocycles. The van der Waals surface area contributed by atoms with Crippen molar-refractivity contribution in [1.82, 2.24) is 0 Å². The molecule has 0 radical (unpaired) electrons. The molecule has 3 aromatic rings. The molecule has 7 nitrogen and oxygen atoms in total. The third-order valence-corrected chi connectivity index (χ3v) is 5.84. The summed E-state index contributed by atoms with van der Waals surface area (Å²) >= 11 is 6.19. The zero-order chi connectivity index (χ0) is 25.1. The summed E-state index contributed by atoms with van der Waals surface area (Å²) in [5, 5.41) is 2.65. The summed E-state index contributed by atoms with van der Waals surface area (Å²) in [6.07, 6.45) is 0. The lowest BCUT2D eigenvalue weighted by atomic mass is 10.0. The van der Waals surface area contributed by atoms with Gasteiger partial charge >= 0.3 is 5.97 Å². The number of hydrogen-bond donors (Lipinski definition) is 1. The number of ether oxygens (including phenoxy) is 2. The second-order valence-electron chi connectivity index (χ2n) is 8.15.